The zero-order valence-corrected chi connectivity index (χ0v) is 4.96. The number of hydrogen-bond donors (Lipinski definition) is 0. The highest BCUT2D eigenvalue weighted by Crippen LogP contribution is 1.93. The van der Waals surface area contributed by atoms with Crippen molar-refractivity contribution in [3.05, 3.63) is 0 Å². The lowest BCUT2D eigenvalue weighted by Crippen LogP contribution is -1.70. The summed E-state index contributed by atoms with van der Waals surface area (Å²) in [5.74, 6) is 0.827. The molecule has 0 heterocycles. The zero-order valence-electron chi connectivity index (χ0n) is 4.21. The average molecular weight is 137 g/mol. The van der Waals surface area contributed by atoms with Crippen molar-refractivity contribution in [1.82, 2.24) is 0 Å². The second kappa shape index (κ2) is 9.95. The second-order valence-electron chi connectivity index (χ2n) is 1.40. The summed E-state index contributed by atoms with van der Waals surface area (Å²) in [6.45, 7) is 2.17. The molecule has 0 aromatic carbocycles. The Hall–Kier alpha value is 0.822. The molecule has 0 atom stereocenters. The standard InChI is InChI=1S/C5H11Cl.Al.3H/c1-2-3-4-5-6;;;;/h2-5H2,1H3;;;;. The first-order valence-electron chi connectivity index (χ1n) is 2.47. The maximum Gasteiger partial charge on any atom is 0.187 e. The third-order valence-corrected chi connectivity index (χ3v) is 1.00. The summed E-state index contributed by atoms with van der Waals surface area (Å²) < 4.78 is 0. The van der Waals surface area contributed by atoms with Gasteiger partial charge in [-0.3, -0.25) is 0 Å². The van der Waals surface area contributed by atoms with Crippen molar-refractivity contribution in [2.75, 3.05) is 5.88 Å². The Kier molecular flexibility index (Phi) is 15.3. The average Bonchev–Trinajstić information content (AvgIpc) is 1.61. The molecule has 0 nitrogen and oxygen atoms in total. The van der Waals surface area contributed by atoms with Crippen LogP contribution in [-0.2, 0) is 0 Å². The fourth-order valence-corrected chi connectivity index (χ4v) is 0.533. The molecule has 0 spiro atoms. The molecule has 44 valence electrons. The van der Waals surface area contributed by atoms with E-state index in [0.717, 1.165) is 5.88 Å². The van der Waals surface area contributed by atoms with Crippen LogP contribution in [0.25, 0.3) is 0 Å². The highest BCUT2D eigenvalue weighted by molar-refractivity contribution is 6.17. The third-order valence-electron chi connectivity index (χ3n) is 0.737. The predicted octanol–water partition coefficient (Wildman–Crippen LogP) is 1.23. The number of alkyl halides is 1. The van der Waals surface area contributed by atoms with Gasteiger partial charge in [0.25, 0.3) is 0 Å². The molecule has 0 rings (SSSR count). The van der Waals surface area contributed by atoms with Crippen molar-refractivity contribution in [2.45, 2.75) is 26.2 Å². The van der Waals surface area contributed by atoms with Gasteiger partial charge in [-0.1, -0.05) is 19.8 Å². The number of rotatable bonds is 3. The Bertz CT molecular complexity index is 20.0. The Labute approximate surface area is 61.4 Å². The van der Waals surface area contributed by atoms with Crippen LogP contribution < -0.4 is 0 Å². The first kappa shape index (κ1) is 10.7. The minimum atomic E-state index is 0. The van der Waals surface area contributed by atoms with Gasteiger partial charge in [0.2, 0.25) is 0 Å². The van der Waals surface area contributed by atoms with Gasteiger partial charge in [-0.25, -0.2) is 0 Å². The van der Waals surface area contributed by atoms with E-state index in [2.05, 4.69) is 6.92 Å². The van der Waals surface area contributed by atoms with Gasteiger partial charge in [-0.05, 0) is 6.42 Å². The summed E-state index contributed by atoms with van der Waals surface area (Å²) >= 11 is 5.38. The number of halogens is 1. The Morgan fingerprint density at radius 2 is 1.86 bits per heavy atom. The Morgan fingerprint density at radius 1 is 1.29 bits per heavy atom. The molecular weight excluding hydrogens is 122 g/mol. The Balaban J connectivity index is 0. The monoisotopic (exact) mass is 136 g/mol. The van der Waals surface area contributed by atoms with Gasteiger partial charge in [0, 0.05) is 5.88 Å². The molecule has 0 aromatic rings. The van der Waals surface area contributed by atoms with E-state index in [1.807, 2.05) is 0 Å². The van der Waals surface area contributed by atoms with Crippen molar-refractivity contribution in [3.8, 4) is 0 Å². The highest BCUT2D eigenvalue weighted by Gasteiger charge is 1.76. The lowest BCUT2D eigenvalue weighted by atomic mass is 10.3. The van der Waals surface area contributed by atoms with Crippen LogP contribution in [0.1, 0.15) is 26.2 Å². The highest BCUT2D eigenvalue weighted by atomic mass is 35.5. The molecule has 0 unspecified atom stereocenters. The molecule has 0 radical (unpaired) electrons. The fourth-order valence-electron chi connectivity index (χ4n) is 0.344. The zero-order chi connectivity index (χ0) is 4.83. The normalized spacial score (nSPS) is 7.71. The van der Waals surface area contributed by atoms with Crippen LogP contribution in [-0.4, -0.2) is 23.2 Å². The molecule has 2 heteroatoms. The van der Waals surface area contributed by atoms with E-state index in [1.54, 1.807) is 0 Å². The van der Waals surface area contributed by atoms with Gasteiger partial charge < -0.3 is 0 Å². The summed E-state index contributed by atoms with van der Waals surface area (Å²) in [5.41, 5.74) is 0. The number of unbranched alkanes of at least 4 members (excludes halogenated alkanes) is 2. The van der Waals surface area contributed by atoms with E-state index in [4.69, 9.17) is 11.6 Å². The van der Waals surface area contributed by atoms with Crippen molar-refractivity contribution < 1.29 is 0 Å². The minimum absolute atomic E-state index is 0. The molecule has 7 heavy (non-hydrogen) atoms. The van der Waals surface area contributed by atoms with Crippen LogP contribution in [0.3, 0.4) is 0 Å². The van der Waals surface area contributed by atoms with Crippen molar-refractivity contribution in [1.29, 1.82) is 0 Å². The molecule has 0 bridgehead atoms. The molecule has 0 saturated carbocycles. The molecule has 0 aliphatic rings. The van der Waals surface area contributed by atoms with E-state index >= 15 is 0 Å². The number of hydrogen-bond acceptors (Lipinski definition) is 0. The molecule has 0 N–H and O–H groups in total. The smallest absolute Gasteiger partial charge is 0.127 e. The fraction of sp³-hybridized carbons (Fsp3) is 1.00. The molecule has 0 aliphatic heterocycles. The lowest BCUT2D eigenvalue weighted by Gasteiger charge is -1.84. The molecule has 0 saturated heterocycles. The summed E-state index contributed by atoms with van der Waals surface area (Å²) in [7, 11) is 0. The largest absolute Gasteiger partial charge is 0.187 e. The molecule has 0 aliphatic carbocycles. The summed E-state index contributed by atoms with van der Waals surface area (Å²) in [6, 6.07) is 0. The van der Waals surface area contributed by atoms with E-state index in [1.165, 1.54) is 19.3 Å². The van der Waals surface area contributed by atoms with E-state index in [9.17, 15) is 0 Å². The van der Waals surface area contributed by atoms with Gasteiger partial charge in [-0.2, -0.15) is 0 Å². The van der Waals surface area contributed by atoms with Crippen molar-refractivity contribution >= 4 is 29.0 Å². The van der Waals surface area contributed by atoms with Gasteiger partial charge >= 0.3 is 0 Å². The quantitative estimate of drug-likeness (QED) is 0.311. The van der Waals surface area contributed by atoms with Crippen molar-refractivity contribution in [3.63, 3.8) is 0 Å². The lowest BCUT2D eigenvalue weighted by molar-refractivity contribution is 0.776. The van der Waals surface area contributed by atoms with E-state index in [-0.39, 0.29) is 17.4 Å². The first-order chi connectivity index (χ1) is 2.91. The van der Waals surface area contributed by atoms with Crippen LogP contribution in [0, 0.1) is 0 Å². The van der Waals surface area contributed by atoms with E-state index < -0.39 is 0 Å². The van der Waals surface area contributed by atoms with E-state index in [0.29, 0.717) is 0 Å². The van der Waals surface area contributed by atoms with Crippen LogP contribution in [0.5, 0.6) is 0 Å². The summed E-state index contributed by atoms with van der Waals surface area (Å²) in [4.78, 5) is 0. The minimum Gasteiger partial charge on any atom is -0.127 e. The maximum absolute atomic E-state index is 5.38. The Morgan fingerprint density at radius 3 is 2.00 bits per heavy atom. The summed E-state index contributed by atoms with van der Waals surface area (Å²) in [5, 5.41) is 0. The van der Waals surface area contributed by atoms with Crippen LogP contribution in [0.15, 0.2) is 0 Å². The van der Waals surface area contributed by atoms with Gasteiger partial charge in [0.15, 0.2) is 17.4 Å². The SMILES string of the molecule is CCCCCCl.[AlH3]. The molecular formula is C5H14AlCl. The third kappa shape index (κ3) is 10.9. The molecule has 0 aromatic heterocycles. The van der Waals surface area contributed by atoms with Gasteiger partial charge in [0.05, 0.1) is 0 Å². The van der Waals surface area contributed by atoms with Gasteiger partial charge in [0.1, 0.15) is 0 Å². The molecule has 0 amide bonds. The van der Waals surface area contributed by atoms with Crippen LogP contribution >= 0.6 is 11.6 Å². The van der Waals surface area contributed by atoms with Crippen LogP contribution in [0.4, 0.5) is 0 Å². The molecule has 0 fully saturated rings. The topological polar surface area (TPSA) is 0 Å². The summed E-state index contributed by atoms with van der Waals surface area (Å²) in [6.07, 6.45) is 3.73. The first-order valence-corrected chi connectivity index (χ1v) is 3.01. The predicted molar refractivity (Wildman–Crippen MR) is 40.2 cm³/mol. The van der Waals surface area contributed by atoms with Crippen molar-refractivity contribution in [2.24, 2.45) is 0 Å². The van der Waals surface area contributed by atoms with Gasteiger partial charge in [-0.15, -0.1) is 11.6 Å². The van der Waals surface area contributed by atoms with Crippen LogP contribution in [0.2, 0.25) is 0 Å². The second-order valence-corrected chi connectivity index (χ2v) is 1.77. The maximum atomic E-state index is 5.38.